The van der Waals surface area contributed by atoms with Crippen molar-refractivity contribution < 1.29 is 47.9 Å². The average molecular weight is 1240 g/mol. The van der Waals surface area contributed by atoms with Gasteiger partial charge in [-0.3, -0.25) is 47.9 Å². The molecule has 10 atom stereocenters. The molecule has 3 fully saturated rings. The van der Waals surface area contributed by atoms with Crippen molar-refractivity contribution in [3.8, 4) is 0 Å². The van der Waals surface area contributed by atoms with Gasteiger partial charge in [0.15, 0.2) is 0 Å². The molecule has 3 saturated heterocycles. The van der Waals surface area contributed by atoms with Gasteiger partial charge in [-0.25, -0.2) is 0 Å². The number of fused-ring (bicyclic) bond motifs is 4. The Kier molecular flexibility index (Phi) is 25.2. The van der Waals surface area contributed by atoms with Crippen molar-refractivity contribution in [2.45, 2.75) is 193 Å². The van der Waals surface area contributed by atoms with Crippen LogP contribution in [-0.4, -0.2) is 155 Å². The van der Waals surface area contributed by atoms with E-state index in [0.29, 0.717) is 36.8 Å². The molecule has 22 nitrogen and oxygen atoms in total. The van der Waals surface area contributed by atoms with Crippen molar-refractivity contribution in [3.05, 3.63) is 96.1 Å². The summed E-state index contributed by atoms with van der Waals surface area (Å²) in [7, 11) is 0. The summed E-state index contributed by atoms with van der Waals surface area (Å²) in [5.41, 5.74) is 13.4. The fraction of sp³-hybridized carbons (Fsp3) is 0.559. The number of rotatable bonds is 16. The predicted molar refractivity (Wildman–Crippen MR) is 345 cm³/mol. The largest absolute Gasteiger partial charge is 0.343 e. The summed E-state index contributed by atoms with van der Waals surface area (Å²) < 4.78 is 0. The summed E-state index contributed by atoms with van der Waals surface area (Å²) in [6.45, 7) is 15.1. The van der Waals surface area contributed by atoms with Crippen LogP contribution in [0, 0.1) is 23.7 Å². The van der Waals surface area contributed by atoms with Gasteiger partial charge in [0, 0.05) is 25.9 Å². The van der Waals surface area contributed by atoms with Crippen molar-refractivity contribution in [2.75, 3.05) is 26.2 Å². The molecule has 0 saturated carbocycles. The minimum atomic E-state index is -1.25. The van der Waals surface area contributed by atoms with Gasteiger partial charge >= 0.3 is 0 Å². The van der Waals surface area contributed by atoms with Gasteiger partial charge < -0.3 is 63.8 Å². The van der Waals surface area contributed by atoms with E-state index in [4.69, 9.17) is 11.5 Å². The summed E-state index contributed by atoms with van der Waals surface area (Å²) in [5, 5.41) is 26.8. The lowest BCUT2D eigenvalue weighted by molar-refractivity contribution is -0.143. The van der Waals surface area contributed by atoms with E-state index in [0.717, 1.165) is 21.5 Å². The molecule has 12 N–H and O–H groups in total. The third-order valence-electron chi connectivity index (χ3n) is 17.2. The van der Waals surface area contributed by atoms with E-state index < -0.39 is 131 Å². The lowest BCUT2D eigenvalue weighted by atomic mass is 9.98. The summed E-state index contributed by atoms with van der Waals surface area (Å²) in [4.78, 5) is 151. The molecule has 90 heavy (non-hydrogen) atoms. The first-order valence-electron chi connectivity index (χ1n) is 32.4. The van der Waals surface area contributed by atoms with E-state index in [1.807, 2.05) is 113 Å². The van der Waals surface area contributed by atoms with Gasteiger partial charge in [0.1, 0.15) is 60.4 Å². The quantitative estimate of drug-likeness (QED) is 0.0771. The number of hydrogen-bond donors (Lipinski definition) is 10. The van der Waals surface area contributed by atoms with Crippen LogP contribution in [0.4, 0.5) is 0 Å². The fourth-order valence-corrected chi connectivity index (χ4v) is 12.4. The summed E-state index contributed by atoms with van der Waals surface area (Å²) in [5.74, 6) is -7.88. The zero-order valence-corrected chi connectivity index (χ0v) is 53.6. The second-order valence-electron chi connectivity index (χ2n) is 26.1. The minimum Gasteiger partial charge on any atom is -0.343 e. The number of carbonyl (C=O) groups excluding carboxylic acids is 10. The summed E-state index contributed by atoms with van der Waals surface area (Å²) >= 11 is 0. The number of nitrogens with one attached hydrogen (secondary N) is 8. The molecule has 4 aromatic rings. The smallest absolute Gasteiger partial charge is 0.246 e. The number of hydrogen-bond acceptors (Lipinski definition) is 12. The first kappa shape index (κ1) is 69.5. The molecule has 488 valence electrons. The normalized spacial score (nSPS) is 25.4. The Labute approximate surface area is 529 Å². The van der Waals surface area contributed by atoms with Gasteiger partial charge in [-0.2, -0.15) is 0 Å². The van der Waals surface area contributed by atoms with Crippen LogP contribution < -0.4 is 54.0 Å². The van der Waals surface area contributed by atoms with E-state index in [-0.39, 0.29) is 89.4 Å². The number of carbonyl (C=O) groups is 10. The lowest BCUT2D eigenvalue weighted by Crippen LogP contribution is -2.62. The molecule has 10 amide bonds. The number of nitrogens with zero attached hydrogens (tertiary/aromatic N) is 2. The van der Waals surface area contributed by atoms with E-state index in [2.05, 4.69) is 42.5 Å². The van der Waals surface area contributed by atoms with E-state index in [1.54, 1.807) is 27.7 Å². The maximum atomic E-state index is 15.2. The predicted octanol–water partition coefficient (Wildman–Crippen LogP) is 3.53. The Morgan fingerprint density at radius 2 is 0.733 bits per heavy atom. The zero-order chi connectivity index (χ0) is 65.3. The molecular formula is C68H96N12O10. The molecule has 4 aromatic carbocycles. The maximum absolute atomic E-state index is 15.2. The third-order valence-corrected chi connectivity index (χ3v) is 17.2. The van der Waals surface area contributed by atoms with Crippen LogP contribution in [0.1, 0.15) is 131 Å². The zero-order valence-electron chi connectivity index (χ0n) is 53.6. The summed E-state index contributed by atoms with van der Waals surface area (Å²) in [6, 6.07) is 14.8. The minimum absolute atomic E-state index is 0.00171. The van der Waals surface area contributed by atoms with Crippen LogP contribution in [0.25, 0.3) is 21.5 Å². The number of nitrogens with two attached hydrogens (primary N) is 2. The average Bonchev–Trinajstić information content (AvgIpc) is 1.84. The van der Waals surface area contributed by atoms with Gasteiger partial charge in [-0.1, -0.05) is 140 Å². The highest BCUT2D eigenvalue weighted by atomic mass is 16.2. The topological polar surface area (TPSA) is 325 Å². The molecule has 0 bridgehead atoms. The van der Waals surface area contributed by atoms with Crippen LogP contribution in [0.3, 0.4) is 0 Å². The van der Waals surface area contributed by atoms with Gasteiger partial charge in [-0.05, 0) is 134 Å². The van der Waals surface area contributed by atoms with Crippen LogP contribution in [-0.2, 0) is 60.8 Å². The fourth-order valence-electron chi connectivity index (χ4n) is 12.4. The van der Waals surface area contributed by atoms with Crippen molar-refractivity contribution in [2.24, 2.45) is 35.1 Å². The maximum Gasteiger partial charge on any atom is 0.246 e. The Hall–Kier alpha value is -7.98. The van der Waals surface area contributed by atoms with Gasteiger partial charge in [0.25, 0.3) is 0 Å². The molecule has 0 unspecified atom stereocenters. The van der Waals surface area contributed by atoms with Crippen LogP contribution in [0.2, 0.25) is 0 Å². The van der Waals surface area contributed by atoms with Crippen molar-refractivity contribution in [3.63, 3.8) is 0 Å². The molecule has 3 aliphatic rings. The standard InChI is InChI=1S/C68H96N12O10/c1-39(2)33-51-61(83)75-53(37-43-25-27-45-17-9-11-19-47(45)35-43)67(89)79-31-15-23-55(79)63(85)78-58(42(7)8)66(88)72-50(22-14-30-70)60(82)74-52(34-40(3)4)62(84)76-54(38-44-26-28-46-18-10-12-20-48(46)36-44)68(90)80-32-16-24-56(80)64(86)77-57(41(5)6)65(87)71-49(21-13-29-69)59(81)73-51/h9-12,17-20,25-28,35-36,39-42,49-58H,13-16,21-24,29-34,37-38,69-70H2,1-8H3,(H,71,87)(H,72,88)(H,73,81)(H,74,82)(H,75,83)(H,76,84)(H,77,86)(H,78,85)/t49-,50-,51-,52-,53+,54+,55-,56-,57-,58-/m0/s1. The first-order chi connectivity index (χ1) is 43.0. The van der Waals surface area contributed by atoms with Crippen LogP contribution in [0.5, 0.6) is 0 Å². The Bertz CT molecular complexity index is 3000. The first-order valence-corrected chi connectivity index (χ1v) is 32.4. The summed E-state index contributed by atoms with van der Waals surface area (Å²) in [6.07, 6.45) is 2.29. The van der Waals surface area contributed by atoms with Gasteiger partial charge in [0.2, 0.25) is 59.1 Å². The van der Waals surface area contributed by atoms with Crippen LogP contribution >= 0.6 is 0 Å². The molecular weight excluding hydrogens is 1140 g/mol. The highest BCUT2D eigenvalue weighted by molar-refractivity contribution is 6.00. The Morgan fingerprint density at radius 1 is 0.400 bits per heavy atom. The van der Waals surface area contributed by atoms with Gasteiger partial charge in [-0.15, -0.1) is 0 Å². The molecule has 0 radical (unpaired) electrons. The van der Waals surface area contributed by atoms with Crippen LogP contribution in [0.15, 0.2) is 84.9 Å². The SMILES string of the molecule is CC(C)C[C@@H]1NC(=O)[C@H](CCCN)NC(=O)[C@H](C(C)C)NC(=O)[C@@H]2CCCN2C(=O)[C@@H](Cc2ccc3ccccc3c2)NC(=O)[C@H](CC(C)C)NC(=O)[C@H](CCCN)NC(=O)[C@H](C(C)C)NC(=O)[C@@H]2CCCN2C(=O)[C@@H](Cc2ccc3ccccc3c2)NC1=O. The second kappa shape index (κ2) is 32.7. The molecule has 3 heterocycles. The molecule has 0 aliphatic carbocycles. The molecule has 0 aromatic heterocycles. The highest BCUT2D eigenvalue weighted by Crippen LogP contribution is 2.26. The second-order valence-corrected chi connectivity index (χ2v) is 26.1. The Morgan fingerprint density at radius 3 is 1.08 bits per heavy atom. The lowest BCUT2D eigenvalue weighted by Gasteiger charge is -2.33. The molecule has 7 rings (SSSR count). The third kappa shape index (κ3) is 18.6. The monoisotopic (exact) mass is 1240 g/mol. The van der Waals surface area contributed by atoms with E-state index >= 15 is 9.59 Å². The van der Waals surface area contributed by atoms with Gasteiger partial charge in [0.05, 0.1) is 0 Å². The Balaban J connectivity index is 1.28. The molecule has 3 aliphatic heterocycles. The number of amides is 10. The van der Waals surface area contributed by atoms with E-state index in [9.17, 15) is 38.4 Å². The molecule has 22 heteroatoms. The molecule has 0 spiro atoms. The van der Waals surface area contributed by atoms with E-state index in [1.165, 1.54) is 9.80 Å². The van der Waals surface area contributed by atoms with Crippen molar-refractivity contribution in [1.29, 1.82) is 0 Å². The number of benzene rings is 4. The highest BCUT2D eigenvalue weighted by Gasteiger charge is 2.43. The van der Waals surface area contributed by atoms with Crippen molar-refractivity contribution >= 4 is 80.6 Å². The van der Waals surface area contributed by atoms with Crippen molar-refractivity contribution in [1.82, 2.24) is 52.3 Å².